The largest absolute Gasteiger partial charge is 0.304 e. The van der Waals surface area contributed by atoms with Crippen molar-refractivity contribution in [3.8, 4) is 11.1 Å². The molecule has 0 atom stereocenters. The molecule has 0 fully saturated rings. The minimum absolute atomic E-state index is 0.0483. The number of benzene rings is 1. The normalized spacial score (nSPS) is 11.9. The van der Waals surface area contributed by atoms with Crippen molar-refractivity contribution in [1.29, 1.82) is 0 Å². The molecule has 0 amide bonds. The number of nitrogens with zero attached hydrogens (tertiary/aromatic N) is 2. The molecule has 0 aliphatic rings. The quantitative estimate of drug-likeness (QED) is 0.383. The summed E-state index contributed by atoms with van der Waals surface area (Å²) in [7, 11) is -4.31. The lowest BCUT2D eigenvalue weighted by molar-refractivity contribution is 0.486. The van der Waals surface area contributed by atoms with Crippen LogP contribution in [0.2, 0.25) is 0 Å². The number of rotatable bonds is 6. The Balaban J connectivity index is 1.80. The second kappa shape index (κ2) is 8.85. The second-order valence-electron chi connectivity index (χ2n) is 8.14. The van der Waals surface area contributed by atoms with Gasteiger partial charge in [0.25, 0.3) is 5.56 Å². The zero-order chi connectivity index (χ0) is 23.9. The van der Waals surface area contributed by atoms with Crippen molar-refractivity contribution in [2.24, 2.45) is 0 Å². The van der Waals surface area contributed by atoms with Crippen molar-refractivity contribution in [2.75, 3.05) is 0 Å². The summed E-state index contributed by atoms with van der Waals surface area (Å²) in [6.45, 7) is 8.21. The van der Waals surface area contributed by atoms with E-state index in [0.29, 0.717) is 12.1 Å². The minimum Gasteiger partial charge on any atom is -0.304 e. The first-order valence-corrected chi connectivity index (χ1v) is 13.1. The molecule has 3 heterocycles. The molecule has 0 aliphatic carbocycles. The van der Waals surface area contributed by atoms with Crippen molar-refractivity contribution in [2.45, 2.75) is 51.3 Å². The van der Waals surface area contributed by atoms with Gasteiger partial charge in [0.15, 0.2) is 4.21 Å². The molecule has 0 radical (unpaired) electrons. The van der Waals surface area contributed by atoms with Crippen molar-refractivity contribution in [1.82, 2.24) is 9.55 Å². The number of aromatic nitrogens is 2. The first-order valence-electron chi connectivity index (χ1n) is 10.8. The van der Waals surface area contributed by atoms with Gasteiger partial charge in [0, 0.05) is 33.3 Å². The van der Waals surface area contributed by atoms with Gasteiger partial charge in [-0.2, -0.15) is 8.42 Å². The highest BCUT2D eigenvalue weighted by atomic mass is 32.3. The van der Waals surface area contributed by atoms with E-state index < -0.39 is 10.1 Å². The summed E-state index contributed by atoms with van der Waals surface area (Å²) in [4.78, 5) is 18.3. The average Bonchev–Trinajstić information content (AvgIpc) is 3.17. The monoisotopic (exact) mass is 482 g/mol. The standard InChI is InChI=1S/C25H26N2O4S2/c1-5-18-13-23-20(22(6-2)26-18)9-10-24(28)27(23)14-17-7-8-19(15(3)11-17)21-12-16(4)32-25(21)33(29,30)31/h7-13H,5-6,14H2,1-4H3,(H,29,30,31). The summed E-state index contributed by atoms with van der Waals surface area (Å²) in [5, 5.41) is 0.981. The van der Waals surface area contributed by atoms with Crippen LogP contribution in [0.4, 0.5) is 0 Å². The van der Waals surface area contributed by atoms with Crippen LogP contribution < -0.4 is 5.56 Å². The van der Waals surface area contributed by atoms with Gasteiger partial charge in [0.2, 0.25) is 0 Å². The Labute approximate surface area is 197 Å². The molecular formula is C25H26N2O4S2. The summed E-state index contributed by atoms with van der Waals surface area (Å²) < 4.78 is 35.1. The van der Waals surface area contributed by atoms with Gasteiger partial charge in [0.05, 0.1) is 12.1 Å². The highest BCUT2D eigenvalue weighted by Gasteiger charge is 2.21. The molecule has 0 saturated carbocycles. The first-order chi connectivity index (χ1) is 15.6. The fourth-order valence-corrected chi connectivity index (χ4v) is 6.22. The van der Waals surface area contributed by atoms with Crippen LogP contribution >= 0.6 is 11.3 Å². The number of hydrogen-bond acceptors (Lipinski definition) is 5. The number of hydrogen-bond donors (Lipinski definition) is 1. The predicted octanol–water partition coefficient (Wildman–Crippen LogP) is 5.16. The van der Waals surface area contributed by atoms with E-state index in [1.165, 1.54) is 0 Å². The Morgan fingerprint density at radius 1 is 1.00 bits per heavy atom. The molecule has 6 nitrogen and oxygen atoms in total. The Bertz CT molecular complexity index is 1530. The molecule has 8 heteroatoms. The van der Waals surface area contributed by atoms with E-state index in [-0.39, 0.29) is 9.77 Å². The van der Waals surface area contributed by atoms with Crippen molar-refractivity contribution in [3.63, 3.8) is 0 Å². The molecule has 0 spiro atoms. The first kappa shape index (κ1) is 23.4. The Morgan fingerprint density at radius 3 is 2.39 bits per heavy atom. The molecule has 0 saturated heterocycles. The summed E-state index contributed by atoms with van der Waals surface area (Å²) >= 11 is 1.05. The van der Waals surface area contributed by atoms with E-state index in [2.05, 4.69) is 6.92 Å². The fourth-order valence-electron chi connectivity index (χ4n) is 4.21. The van der Waals surface area contributed by atoms with E-state index in [0.717, 1.165) is 68.0 Å². The molecule has 172 valence electrons. The predicted molar refractivity (Wildman–Crippen MR) is 133 cm³/mol. The van der Waals surface area contributed by atoms with Crippen LogP contribution in [0.15, 0.2) is 51.5 Å². The van der Waals surface area contributed by atoms with E-state index in [4.69, 9.17) is 4.98 Å². The molecule has 0 aliphatic heterocycles. The van der Waals surface area contributed by atoms with Gasteiger partial charge in [-0.3, -0.25) is 14.3 Å². The molecule has 4 rings (SSSR count). The molecule has 1 aromatic carbocycles. The van der Waals surface area contributed by atoms with E-state index in [9.17, 15) is 17.8 Å². The summed E-state index contributed by atoms with van der Waals surface area (Å²) in [5.41, 5.74) is 5.76. The van der Waals surface area contributed by atoms with Crippen LogP contribution in [-0.4, -0.2) is 22.5 Å². The fraction of sp³-hybridized carbons (Fsp3) is 0.280. The third-order valence-electron chi connectivity index (χ3n) is 5.79. The number of pyridine rings is 2. The smallest absolute Gasteiger partial charge is 0.304 e. The molecule has 0 unspecified atom stereocenters. The zero-order valence-corrected chi connectivity index (χ0v) is 20.7. The van der Waals surface area contributed by atoms with Gasteiger partial charge in [-0.25, -0.2) is 0 Å². The van der Waals surface area contributed by atoms with Crippen LogP contribution in [0.25, 0.3) is 22.0 Å². The molecule has 33 heavy (non-hydrogen) atoms. The van der Waals surface area contributed by atoms with Crippen molar-refractivity contribution < 1.29 is 13.0 Å². The molecule has 4 aromatic rings. The van der Waals surface area contributed by atoms with Crippen LogP contribution in [0.1, 0.15) is 41.2 Å². The third-order valence-corrected chi connectivity index (χ3v) is 8.21. The zero-order valence-electron chi connectivity index (χ0n) is 19.0. The van der Waals surface area contributed by atoms with Crippen LogP contribution in [0.5, 0.6) is 0 Å². The lowest BCUT2D eigenvalue weighted by Crippen LogP contribution is -2.21. The highest BCUT2D eigenvalue weighted by molar-refractivity contribution is 7.88. The maximum Gasteiger partial charge on any atom is 0.304 e. The topological polar surface area (TPSA) is 89.3 Å². The van der Waals surface area contributed by atoms with E-state index in [1.807, 2.05) is 51.1 Å². The van der Waals surface area contributed by atoms with Crippen LogP contribution in [0.3, 0.4) is 0 Å². The lowest BCUT2D eigenvalue weighted by atomic mass is 10.00. The Kier molecular flexibility index (Phi) is 6.26. The van der Waals surface area contributed by atoms with Gasteiger partial charge in [-0.05, 0) is 61.6 Å². The summed E-state index contributed by atoms with van der Waals surface area (Å²) in [6, 6.07) is 12.9. The molecular weight excluding hydrogens is 456 g/mol. The maximum absolute atomic E-state index is 12.8. The average molecular weight is 483 g/mol. The summed E-state index contributed by atoms with van der Waals surface area (Å²) in [6.07, 6.45) is 1.57. The third kappa shape index (κ3) is 4.51. The van der Waals surface area contributed by atoms with E-state index in [1.54, 1.807) is 16.7 Å². The lowest BCUT2D eigenvalue weighted by Gasteiger charge is -2.15. The number of thiophene rings is 1. The van der Waals surface area contributed by atoms with Gasteiger partial charge >= 0.3 is 10.1 Å². The van der Waals surface area contributed by atoms with Gasteiger partial charge < -0.3 is 4.57 Å². The minimum atomic E-state index is -4.31. The maximum atomic E-state index is 12.8. The Morgan fingerprint density at radius 2 is 1.76 bits per heavy atom. The molecule has 1 N–H and O–H groups in total. The summed E-state index contributed by atoms with van der Waals surface area (Å²) in [5.74, 6) is 0. The molecule has 3 aromatic heterocycles. The SMILES string of the molecule is CCc1cc2c(ccc(=O)n2Cc2ccc(-c3cc(C)sc3S(=O)(=O)O)c(C)c2)c(CC)n1. The van der Waals surface area contributed by atoms with Crippen molar-refractivity contribution >= 4 is 32.4 Å². The second-order valence-corrected chi connectivity index (χ2v) is 11.0. The van der Waals surface area contributed by atoms with Crippen LogP contribution in [0, 0.1) is 13.8 Å². The van der Waals surface area contributed by atoms with Gasteiger partial charge in [0.1, 0.15) is 0 Å². The van der Waals surface area contributed by atoms with Crippen molar-refractivity contribution in [3.05, 3.63) is 80.2 Å². The van der Waals surface area contributed by atoms with Gasteiger partial charge in [-0.1, -0.05) is 32.0 Å². The van der Waals surface area contributed by atoms with E-state index >= 15 is 0 Å². The number of fused-ring (bicyclic) bond motifs is 1. The van der Waals surface area contributed by atoms with Crippen LogP contribution in [-0.2, 0) is 29.5 Å². The highest BCUT2D eigenvalue weighted by Crippen LogP contribution is 2.36. The number of aryl methyl sites for hydroxylation is 4. The Hall–Kier alpha value is -2.81. The molecule has 0 bridgehead atoms. The van der Waals surface area contributed by atoms with Gasteiger partial charge in [-0.15, -0.1) is 11.3 Å².